The van der Waals surface area contributed by atoms with Gasteiger partial charge >= 0.3 is 0 Å². The zero-order chi connectivity index (χ0) is 7.56. The highest BCUT2D eigenvalue weighted by molar-refractivity contribution is 4.66. The fraction of sp³-hybridized carbons (Fsp3) is 1.00. The zero-order valence-electron chi connectivity index (χ0n) is 6.34. The average Bonchev–Trinajstić information content (AvgIpc) is 1.85. The first-order valence-electron chi connectivity index (χ1n) is 3.59. The molecule has 10 heavy (non-hydrogen) atoms. The minimum atomic E-state index is -0.405. The summed E-state index contributed by atoms with van der Waals surface area (Å²) in [6, 6.07) is 0. The van der Waals surface area contributed by atoms with E-state index >= 15 is 0 Å². The lowest BCUT2D eigenvalue weighted by Gasteiger charge is -2.30. The van der Waals surface area contributed by atoms with Crippen LogP contribution < -0.4 is 0 Å². The van der Waals surface area contributed by atoms with Crippen molar-refractivity contribution in [3.05, 3.63) is 0 Å². The molecule has 1 rings (SSSR count). The van der Waals surface area contributed by atoms with Crippen molar-refractivity contribution in [2.45, 2.75) is 38.8 Å². The monoisotopic (exact) mass is 148 g/mol. The van der Waals surface area contributed by atoms with Crippen LogP contribution in [-0.4, -0.2) is 25.2 Å². The second kappa shape index (κ2) is 3.30. The predicted octanol–water partition coefficient (Wildman–Crippen LogP) is 1.50. The molecule has 0 saturated carbocycles. The Morgan fingerprint density at radius 1 is 1.40 bits per heavy atom. The maximum atomic E-state index is 12.0. The number of ether oxygens (including phenoxy) is 2. The van der Waals surface area contributed by atoms with Crippen molar-refractivity contribution in [1.82, 2.24) is 0 Å². The van der Waals surface area contributed by atoms with Gasteiger partial charge in [-0.1, -0.05) is 0 Å². The van der Waals surface area contributed by atoms with Gasteiger partial charge in [0.1, 0.15) is 6.67 Å². The Labute approximate surface area is 60.3 Å². The highest BCUT2D eigenvalue weighted by atomic mass is 19.1. The second-order valence-electron chi connectivity index (χ2n) is 2.66. The van der Waals surface area contributed by atoms with E-state index in [9.17, 15) is 4.39 Å². The van der Waals surface area contributed by atoms with Crippen molar-refractivity contribution in [3.8, 4) is 0 Å². The maximum Gasteiger partial charge on any atom is 0.155 e. The first-order chi connectivity index (χ1) is 4.72. The van der Waals surface area contributed by atoms with E-state index in [1.54, 1.807) is 6.92 Å². The SMILES string of the molecule is CC1CC(CF)OC(C)O1. The summed E-state index contributed by atoms with van der Waals surface area (Å²) in [6.45, 7) is 3.32. The number of rotatable bonds is 1. The van der Waals surface area contributed by atoms with Crippen LogP contribution in [0.4, 0.5) is 4.39 Å². The van der Waals surface area contributed by atoms with Crippen LogP contribution in [0.5, 0.6) is 0 Å². The number of hydrogen-bond acceptors (Lipinski definition) is 2. The van der Waals surface area contributed by atoms with Crippen LogP contribution in [0, 0.1) is 0 Å². The van der Waals surface area contributed by atoms with Gasteiger partial charge in [0.05, 0.1) is 12.2 Å². The molecule has 0 spiro atoms. The van der Waals surface area contributed by atoms with Gasteiger partial charge < -0.3 is 9.47 Å². The topological polar surface area (TPSA) is 18.5 Å². The second-order valence-corrected chi connectivity index (χ2v) is 2.66. The average molecular weight is 148 g/mol. The molecule has 1 aliphatic rings. The van der Waals surface area contributed by atoms with Crippen LogP contribution in [0.3, 0.4) is 0 Å². The van der Waals surface area contributed by atoms with E-state index in [4.69, 9.17) is 9.47 Å². The molecule has 0 N–H and O–H groups in total. The van der Waals surface area contributed by atoms with Crippen molar-refractivity contribution in [1.29, 1.82) is 0 Å². The minimum absolute atomic E-state index is 0.129. The van der Waals surface area contributed by atoms with Crippen LogP contribution in [0.25, 0.3) is 0 Å². The molecule has 0 aliphatic carbocycles. The lowest BCUT2D eigenvalue weighted by atomic mass is 10.2. The van der Waals surface area contributed by atoms with E-state index in [-0.39, 0.29) is 18.5 Å². The molecule has 1 saturated heterocycles. The van der Waals surface area contributed by atoms with Gasteiger partial charge in [-0.3, -0.25) is 0 Å². The Morgan fingerprint density at radius 3 is 2.60 bits per heavy atom. The zero-order valence-corrected chi connectivity index (χ0v) is 6.34. The highest BCUT2D eigenvalue weighted by Gasteiger charge is 2.24. The summed E-state index contributed by atoms with van der Waals surface area (Å²) in [5.74, 6) is 0. The van der Waals surface area contributed by atoms with E-state index in [1.807, 2.05) is 6.92 Å². The Hall–Kier alpha value is -0.150. The van der Waals surface area contributed by atoms with E-state index in [0.29, 0.717) is 6.42 Å². The van der Waals surface area contributed by atoms with Crippen molar-refractivity contribution in [3.63, 3.8) is 0 Å². The van der Waals surface area contributed by atoms with Crippen LogP contribution in [0.2, 0.25) is 0 Å². The molecule has 0 radical (unpaired) electrons. The Balaban J connectivity index is 2.35. The molecule has 1 heterocycles. The van der Waals surface area contributed by atoms with Gasteiger partial charge in [-0.25, -0.2) is 4.39 Å². The fourth-order valence-electron chi connectivity index (χ4n) is 1.21. The third-order valence-corrected chi connectivity index (χ3v) is 1.57. The normalized spacial score (nSPS) is 41.7. The van der Waals surface area contributed by atoms with Crippen LogP contribution in [0.1, 0.15) is 20.3 Å². The molecule has 1 aliphatic heterocycles. The van der Waals surface area contributed by atoms with E-state index in [0.717, 1.165) is 0 Å². The first-order valence-corrected chi connectivity index (χ1v) is 3.59. The molecule has 0 amide bonds. The third-order valence-electron chi connectivity index (χ3n) is 1.57. The van der Waals surface area contributed by atoms with Crippen LogP contribution in [0.15, 0.2) is 0 Å². The van der Waals surface area contributed by atoms with Gasteiger partial charge in [0.2, 0.25) is 0 Å². The Kier molecular flexibility index (Phi) is 2.63. The summed E-state index contributed by atoms with van der Waals surface area (Å²) in [5.41, 5.74) is 0. The number of hydrogen-bond donors (Lipinski definition) is 0. The summed E-state index contributed by atoms with van der Waals surface area (Å²) in [7, 11) is 0. The summed E-state index contributed by atoms with van der Waals surface area (Å²) in [5, 5.41) is 0. The summed E-state index contributed by atoms with van der Waals surface area (Å²) >= 11 is 0. The molecule has 2 nitrogen and oxygen atoms in total. The smallest absolute Gasteiger partial charge is 0.155 e. The van der Waals surface area contributed by atoms with Crippen LogP contribution >= 0.6 is 0 Å². The van der Waals surface area contributed by atoms with E-state index in [1.165, 1.54) is 0 Å². The van der Waals surface area contributed by atoms with Gasteiger partial charge in [0.25, 0.3) is 0 Å². The predicted molar refractivity (Wildman–Crippen MR) is 35.5 cm³/mol. The maximum absolute atomic E-state index is 12.0. The minimum Gasteiger partial charge on any atom is -0.350 e. The number of alkyl halides is 1. The van der Waals surface area contributed by atoms with Gasteiger partial charge in [0, 0.05) is 6.42 Å². The van der Waals surface area contributed by atoms with Crippen molar-refractivity contribution in [2.75, 3.05) is 6.67 Å². The molecular formula is C7H13FO2. The molecule has 60 valence electrons. The Bertz CT molecular complexity index is 97.8. The van der Waals surface area contributed by atoms with Crippen molar-refractivity contribution >= 4 is 0 Å². The summed E-state index contributed by atoms with van der Waals surface area (Å²) < 4.78 is 22.4. The van der Waals surface area contributed by atoms with Gasteiger partial charge in [-0.2, -0.15) is 0 Å². The van der Waals surface area contributed by atoms with E-state index in [2.05, 4.69) is 0 Å². The quantitative estimate of drug-likeness (QED) is 0.561. The van der Waals surface area contributed by atoms with Crippen molar-refractivity contribution < 1.29 is 13.9 Å². The van der Waals surface area contributed by atoms with Gasteiger partial charge in [0.15, 0.2) is 6.29 Å². The molecule has 1 fully saturated rings. The third kappa shape index (κ3) is 1.92. The first kappa shape index (κ1) is 7.95. The molecule has 0 aromatic rings. The molecular weight excluding hydrogens is 135 g/mol. The highest BCUT2D eigenvalue weighted by Crippen LogP contribution is 2.17. The lowest BCUT2D eigenvalue weighted by molar-refractivity contribution is -0.231. The Morgan fingerprint density at radius 2 is 2.10 bits per heavy atom. The van der Waals surface area contributed by atoms with Gasteiger partial charge in [-0.05, 0) is 13.8 Å². The van der Waals surface area contributed by atoms with Gasteiger partial charge in [-0.15, -0.1) is 0 Å². The molecule has 3 atom stereocenters. The fourth-order valence-corrected chi connectivity index (χ4v) is 1.21. The summed E-state index contributed by atoms with van der Waals surface area (Å²) in [4.78, 5) is 0. The van der Waals surface area contributed by atoms with E-state index < -0.39 is 6.67 Å². The standard InChI is InChI=1S/C7H13FO2/c1-5-3-7(4-8)10-6(2)9-5/h5-7H,3-4H2,1-2H3. The lowest BCUT2D eigenvalue weighted by Crippen LogP contribution is -2.36. The largest absolute Gasteiger partial charge is 0.350 e. The molecule has 0 aromatic heterocycles. The summed E-state index contributed by atoms with van der Waals surface area (Å²) in [6.07, 6.45) is 0.300. The molecule has 3 unspecified atom stereocenters. The molecule has 0 bridgehead atoms. The van der Waals surface area contributed by atoms with Crippen LogP contribution in [-0.2, 0) is 9.47 Å². The number of halogens is 1. The van der Waals surface area contributed by atoms with Crippen molar-refractivity contribution in [2.24, 2.45) is 0 Å². The molecule has 0 aromatic carbocycles. The molecule has 3 heteroatoms.